The number of hydrogen-bond acceptors (Lipinski definition) is 3. The van der Waals surface area contributed by atoms with E-state index in [0.717, 1.165) is 16.6 Å². The summed E-state index contributed by atoms with van der Waals surface area (Å²) in [6.07, 6.45) is 0. The molecule has 1 heterocycles. The zero-order valence-electron chi connectivity index (χ0n) is 13.0. The van der Waals surface area contributed by atoms with E-state index < -0.39 is 0 Å². The normalized spacial score (nSPS) is 12.0. The van der Waals surface area contributed by atoms with Crippen molar-refractivity contribution in [2.45, 2.75) is 33.1 Å². The molecule has 0 saturated carbocycles. The van der Waals surface area contributed by atoms with E-state index in [0.29, 0.717) is 21.7 Å². The fourth-order valence-electron chi connectivity index (χ4n) is 2.86. The Hall–Kier alpha value is -2.07. The molecule has 0 spiro atoms. The van der Waals surface area contributed by atoms with E-state index in [4.69, 9.17) is 11.6 Å². The Morgan fingerprint density at radius 2 is 1.82 bits per heavy atom. The first-order valence-electron chi connectivity index (χ1n) is 7.13. The number of phenols is 1. The Labute approximate surface area is 134 Å². The van der Waals surface area contributed by atoms with Crippen molar-refractivity contribution in [1.29, 1.82) is 0 Å². The lowest BCUT2D eigenvalue weighted by molar-refractivity contribution is 0.468. The average molecular weight is 316 g/mol. The Morgan fingerprint density at radius 1 is 1.09 bits per heavy atom. The maximum atomic E-state index is 10.7. The van der Waals surface area contributed by atoms with E-state index in [9.17, 15) is 5.11 Å². The zero-order valence-corrected chi connectivity index (χ0v) is 13.8. The van der Waals surface area contributed by atoms with Crippen molar-refractivity contribution >= 4 is 22.6 Å². The molecule has 22 heavy (non-hydrogen) atoms. The lowest BCUT2D eigenvalue weighted by atomic mass is 9.82. The van der Waals surface area contributed by atoms with Gasteiger partial charge in [0.05, 0.1) is 5.02 Å². The highest BCUT2D eigenvalue weighted by Gasteiger charge is 2.22. The number of fused-ring (bicyclic) bond motifs is 1. The van der Waals surface area contributed by atoms with Crippen LogP contribution in [0.3, 0.4) is 0 Å². The van der Waals surface area contributed by atoms with Crippen LogP contribution in [-0.4, -0.2) is 20.5 Å². The number of benzene rings is 2. The minimum Gasteiger partial charge on any atom is -0.507 e. The zero-order chi connectivity index (χ0) is 16.1. The number of halogens is 1. The molecule has 114 valence electrons. The molecule has 0 aliphatic carbocycles. The molecular formula is C17H18ClN3O. The van der Waals surface area contributed by atoms with Crippen molar-refractivity contribution < 1.29 is 5.11 Å². The molecule has 1 aromatic heterocycles. The van der Waals surface area contributed by atoms with Gasteiger partial charge in [-0.05, 0) is 35.6 Å². The first-order valence-corrected chi connectivity index (χ1v) is 7.51. The molecule has 0 fully saturated rings. The standard InChI is InChI=1S/C17H18ClN3O/c1-9-11(17(2,3)4)6-5-10(16(9)22)14-12(18)7-8-13-15(14)20-21-19-13/h5-8,22H,1-4H3,(H,19,20,21). The van der Waals surface area contributed by atoms with Crippen LogP contribution in [0.1, 0.15) is 31.9 Å². The minimum absolute atomic E-state index is 0.0379. The molecule has 2 aromatic carbocycles. The molecule has 4 nitrogen and oxygen atoms in total. The van der Waals surface area contributed by atoms with Gasteiger partial charge in [0.25, 0.3) is 0 Å². The summed E-state index contributed by atoms with van der Waals surface area (Å²) in [6, 6.07) is 7.52. The molecule has 0 saturated heterocycles. The van der Waals surface area contributed by atoms with Crippen LogP contribution in [0, 0.1) is 6.92 Å². The Kier molecular flexibility index (Phi) is 3.37. The van der Waals surface area contributed by atoms with Crippen LogP contribution in [-0.2, 0) is 5.41 Å². The summed E-state index contributed by atoms with van der Waals surface area (Å²) in [5.41, 5.74) is 4.69. The lowest BCUT2D eigenvalue weighted by Crippen LogP contribution is -2.13. The summed E-state index contributed by atoms with van der Waals surface area (Å²) in [4.78, 5) is 0. The molecule has 2 N–H and O–H groups in total. The third-order valence-electron chi connectivity index (χ3n) is 3.95. The summed E-state index contributed by atoms with van der Waals surface area (Å²) in [5.74, 6) is 0.241. The van der Waals surface area contributed by atoms with Crippen molar-refractivity contribution in [3.05, 3.63) is 40.4 Å². The number of hydrogen-bond donors (Lipinski definition) is 2. The predicted octanol–water partition coefficient (Wildman–Crippen LogP) is 4.59. The lowest BCUT2D eigenvalue weighted by Gasteiger charge is -2.23. The number of H-pyrrole nitrogens is 1. The number of nitrogens with one attached hydrogen (secondary N) is 1. The van der Waals surface area contributed by atoms with Crippen LogP contribution in [0.4, 0.5) is 0 Å². The largest absolute Gasteiger partial charge is 0.507 e. The summed E-state index contributed by atoms with van der Waals surface area (Å²) in [7, 11) is 0. The van der Waals surface area contributed by atoms with Gasteiger partial charge in [-0.2, -0.15) is 15.4 Å². The Morgan fingerprint density at radius 3 is 2.50 bits per heavy atom. The fourth-order valence-corrected chi connectivity index (χ4v) is 3.11. The molecule has 3 rings (SSSR count). The number of aromatic hydroxyl groups is 1. The van der Waals surface area contributed by atoms with Crippen molar-refractivity contribution in [2.75, 3.05) is 0 Å². The van der Waals surface area contributed by atoms with E-state index in [1.165, 1.54) is 0 Å². The molecule has 0 aliphatic rings. The average Bonchev–Trinajstić information content (AvgIpc) is 2.89. The Balaban J connectivity index is 2.31. The van der Waals surface area contributed by atoms with E-state index in [-0.39, 0.29) is 11.2 Å². The van der Waals surface area contributed by atoms with Gasteiger partial charge in [-0.15, -0.1) is 0 Å². The molecule has 0 amide bonds. The monoisotopic (exact) mass is 315 g/mol. The van der Waals surface area contributed by atoms with Crippen LogP contribution in [0.15, 0.2) is 24.3 Å². The molecular weight excluding hydrogens is 298 g/mol. The quantitative estimate of drug-likeness (QED) is 0.690. The van der Waals surface area contributed by atoms with E-state index in [1.807, 2.05) is 19.1 Å². The SMILES string of the molecule is Cc1c(C(C)(C)C)ccc(-c2c(Cl)ccc3n[nH]nc23)c1O. The maximum absolute atomic E-state index is 10.7. The van der Waals surface area contributed by atoms with Gasteiger partial charge in [0, 0.05) is 11.1 Å². The molecule has 0 atom stereocenters. The van der Waals surface area contributed by atoms with Crippen LogP contribution in [0.2, 0.25) is 5.02 Å². The highest BCUT2D eigenvalue weighted by atomic mass is 35.5. The van der Waals surface area contributed by atoms with Gasteiger partial charge in [-0.3, -0.25) is 0 Å². The van der Waals surface area contributed by atoms with Gasteiger partial charge >= 0.3 is 0 Å². The summed E-state index contributed by atoms with van der Waals surface area (Å²) < 4.78 is 0. The minimum atomic E-state index is -0.0379. The number of nitrogens with zero attached hydrogens (tertiary/aromatic N) is 2. The topological polar surface area (TPSA) is 61.8 Å². The predicted molar refractivity (Wildman–Crippen MR) is 89.4 cm³/mol. The van der Waals surface area contributed by atoms with Crippen LogP contribution in [0.25, 0.3) is 22.2 Å². The van der Waals surface area contributed by atoms with Gasteiger partial charge in [0.2, 0.25) is 0 Å². The smallest absolute Gasteiger partial charge is 0.126 e. The van der Waals surface area contributed by atoms with Gasteiger partial charge in [-0.1, -0.05) is 44.5 Å². The third-order valence-corrected chi connectivity index (χ3v) is 4.26. The van der Waals surface area contributed by atoms with E-state index >= 15 is 0 Å². The summed E-state index contributed by atoms with van der Waals surface area (Å²) >= 11 is 6.36. The van der Waals surface area contributed by atoms with Crippen molar-refractivity contribution in [2.24, 2.45) is 0 Å². The second kappa shape index (κ2) is 4.99. The van der Waals surface area contributed by atoms with Crippen molar-refractivity contribution in [3.8, 4) is 16.9 Å². The second-order valence-electron chi connectivity index (χ2n) is 6.50. The van der Waals surface area contributed by atoms with Crippen molar-refractivity contribution in [3.63, 3.8) is 0 Å². The number of aromatic amines is 1. The van der Waals surface area contributed by atoms with Crippen molar-refractivity contribution in [1.82, 2.24) is 15.4 Å². The fraction of sp³-hybridized carbons (Fsp3) is 0.294. The molecule has 0 bridgehead atoms. The van der Waals surface area contributed by atoms with Gasteiger partial charge in [-0.25, -0.2) is 0 Å². The molecule has 0 unspecified atom stereocenters. The van der Waals surface area contributed by atoms with Gasteiger partial charge < -0.3 is 5.11 Å². The van der Waals surface area contributed by atoms with Crippen LogP contribution < -0.4 is 0 Å². The van der Waals surface area contributed by atoms with Gasteiger partial charge in [0.15, 0.2) is 0 Å². The number of rotatable bonds is 1. The summed E-state index contributed by atoms with van der Waals surface area (Å²) in [5, 5.41) is 22.1. The third kappa shape index (κ3) is 2.24. The molecule has 0 radical (unpaired) electrons. The first kappa shape index (κ1) is 14.9. The number of aromatic nitrogens is 3. The number of phenolic OH excluding ortho intramolecular Hbond substituents is 1. The summed E-state index contributed by atoms with van der Waals surface area (Å²) in [6.45, 7) is 8.30. The molecule has 3 aromatic rings. The first-order chi connectivity index (χ1) is 10.3. The Bertz CT molecular complexity index is 862. The highest BCUT2D eigenvalue weighted by molar-refractivity contribution is 6.35. The van der Waals surface area contributed by atoms with E-state index in [1.54, 1.807) is 12.1 Å². The molecule has 0 aliphatic heterocycles. The maximum Gasteiger partial charge on any atom is 0.126 e. The van der Waals surface area contributed by atoms with E-state index in [2.05, 4.69) is 36.2 Å². The van der Waals surface area contributed by atoms with Crippen LogP contribution in [0.5, 0.6) is 5.75 Å². The molecule has 5 heteroatoms. The van der Waals surface area contributed by atoms with Crippen LogP contribution >= 0.6 is 11.6 Å². The highest BCUT2D eigenvalue weighted by Crippen LogP contribution is 2.42. The second-order valence-corrected chi connectivity index (χ2v) is 6.91. The van der Waals surface area contributed by atoms with Gasteiger partial charge in [0.1, 0.15) is 16.8 Å².